The monoisotopic (exact) mass is 502 g/mol. The standard InChI is InChI=1S/C30H38N4O3/c35-28-20-24(19-23-11-5-2-6-12-23)31-21-25-13-7-17-33(25)30(37)27-14-8-18-34(27)29(36)26(32-28)16-15-22-9-3-1-4-10-22/h1-6,9-12,24-27,31H,7-8,13-21H2,(H,32,35)/t24-,25-,26-,27-/m0/s1. The first kappa shape index (κ1) is 25.5. The van der Waals surface area contributed by atoms with E-state index in [0.29, 0.717) is 38.8 Å². The van der Waals surface area contributed by atoms with Gasteiger partial charge in [0.15, 0.2) is 0 Å². The number of hydrogen-bond acceptors (Lipinski definition) is 4. The van der Waals surface area contributed by atoms with Crippen LogP contribution >= 0.6 is 0 Å². The van der Waals surface area contributed by atoms with Crippen molar-refractivity contribution < 1.29 is 14.4 Å². The molecule has 3 amide bonds. The van der Waals surface area contributed by atoms with Crippen LogP contribution in [0.1, 0.15) is 49.7 Å². The predicted octanol–water partition coefficient (Wildman–Crippen LogP) is 2.69. The van der Waals surface area contributed by atoms with E-state index in [1.165, 1.54) is 0 Å². The summed E-state index contributed by atoms with van der Waals surface area (Å²) in [6.07, 6.45) is 5.62. The molecule has 3 aliphatic rings. The van der Waals surface area contributed by atoms with E-state index in [9.17, 15) is 14.4 Å². The molecular formula is C30H38N4O3. The fourth-order valence-corrected chi connectivity index (χ4v) is 6.12. The summed E-state index contributed by atoms with van der Waals surface area (Å²) in [5.41, 5.74) is 2.29. The average Bonchev–Trinajstić information content (AvgIpc) is 3.60. The number of fused-ring (bicyclic) bond motifs is 2. The summed E-state index contributed by atoms with van der Waals surface area (Å²) >= 11 is 0. The van der Waals surface area contributed by atoms with Crippen molar-refractivity contribution in [3.63, 3.8) is 0 Å². The highest BCUT2D eigenvalue weighted by Gasteiger charge is 2.42. The van der Waals surface area contributed by atoms with Gasteiger partial charge in [-0.25, -0.2) is 0 Å². The van der Waals surface area contributed by atoms with Crippen LogP contribution in [-0.2, 0) is 27.2 Å². The molecule has 0 radical (unpaired) electrons. The summed E-state index contributed by atoms with van der Waals surface area (Å²) in [7, 11) is 0. The summed E-state index contributed by atoms with van der Waals surface area (Å²) in [5, 5.41) is 6.69. The lowest BCUT2D eigenvalue weighted by atomic mass is 10.0. The highest BCUT2D eigenvalue weighted by molar-refractivity contribution is 5.93. The number of nitrogens with zero attached hydrogens (tertiary/aromatic N) is 2. The molecule has 0 aliphatic carbocycles. The van der Waals surface area contributed by atoms with Gasteiger partial charge in [-0.2, -0.15) is 0 Å². The Morgan fingerprint density at radius 2 is 1.46 bits per heavy atom. The molecule has 4 atom stereocenters. The quantitative estimate of drug-likeness (QED) is 0.659. The van der Waals surface area contributed by atoms with Crippen molar-refractivity contribution >= 4 is 17.7 Å². The molecule has 196 valence electrons. The van der Waals surface area contributed by atoms with Crippen LogP contribution in [0, 0.1) is 0 Å². The van der Waals surface area contributed by atoms with Crippen molar-refractivity contribution in [1.29, 1.82) is 0 Å². The first-order chi connectivity index (χ1) is 18.1. The van der Waals surface area contributed by atoms with Crippen LogP contribution in [0.15, 0.2) is 60.7 Å². The Bertz CT molecular complexity index is 1080. The minimum Gasteiger partial charge on any atom is -0.344 e. The van der Waals surface area contributed by atoms with Crippen LogP contribution in [0.5, 0.6) is 0 Å². The SMILES string of the molecule is O=C1C[C@H](Cc2ccccc2)NC[C@@H]2CCCN2C(=O)[C@@H]2CCCN2C(=O)[C@H](CCc2ccccc2)N1. The zero-order valence-electron chi connectivity index (χ0n) is 21.5. The van der Waals surface area contributed by atoms with Gasteiger partial charge in [0.2, 0.25) is 17.7 Å². The molecule has 2 aromatic carbocycles. The van der Waals surface area contributed by atoms with E-state index in [2.05, 4.69) is 22.8 Å². The normalized spacial score (nSPS) is 27.1. The molecule has 0 unspecified atom stereocenters. The van der Waals surface area contributed by atoms with Gasteiger partial charge >= 0.3 is 0 Å². The zero-order chi connectivity index (χ0) is 25.6. The van der Waals surface area contributed by atoms with Gasteiger partial charge in [-0.3, -0.25) is 14.4 Å². The second-order valence-electron chi connectivity index (χ2n) is 10.7. The molecule has 5 rings (SSSR count). The molecule has 7 heteroatoms. The van der Waals surface area contributed by atoms with Crippen LogP contribution in [0.3, 0.4) is 0 Å². The van der Waals surface area contributed by atoms with Crippen molar-refractivity contribution in [3.8, 4) is 0 Å². The predicted molar refractivity (Wildman–Crippen MR) is 143 cm³/mol. The van der Waals surface area contributed by atoms with Gasteiger partial charge < -0.3 is 20.4 Å². The molecule has 0 bridgehead atoms. The van der Waals surface area contributed by atoms with Crippen LogP contribution < -0.4 is 10.6 Å². The Hall–Kier alpha value is -3.19. The van der Waals surface area contributed by atoms with E-state index in [1.54, 1.807) is 4.90 Å². The maximum atomic E-state index is 13.8. The molecule has 3 heterocycles. The highest BCUT2D eigenvalue weighted by Crippen LogP contribution is 2.26. The van der Waals surface area contributed by atoms with Gasteiger partial charge in [0.1, 0.15) is 12.1 Å². The van der Waals surface area contributed by atoms with E-state index < -0.39 is 12.1 Å². The Labute approximate surface area is 219 Å². The van der Waals surface area contributed by atoms with Crippen LogP contribution in [0.25, 0.3) is 0 Å². The number of hydrogen-bond donors (Lipinski definition) is 2. The molecular weight excluding hydrogens is 464 g/mol. The molecule has 3 aliphatic heterocycles. The lowest BCUT2D eigenvalue weighted by Gasteiger charge is -2.33. The molecule has 2 aromatic rings. The number of rotatable bonds is 5. The molecule has 0 saturated carbocycles. The number of carbonyl (C=O) groups is 3. The van der Waals surface area contributed by atoms with Gasteiger partial charge in [-0.1, -0.05) is 60.7 Å². The largest absolute Gasteiger partial charge is 0.344 e. The molecule has 37 heavy (non-hydrogen) atoms. The fraction of sp³-hybridized carbons (Fsp3) is 0.500. The van der Waals surface area contributed by atoms with Crippen molar-refractivity contribution in [2.75, 3.05) is 19.6 Å². The van der Waals surface area contributed by atoms with E-state index in [0.717, 1.165) is 36.9 Å². The van der Waals surface area contributed by atoms with E-state index >= 15 is 0 Å². The van der Waals surface area contributed by atoms with Crippen molar-refractivity contribution in [2.45, 2.75) is 75.5 Å². The topological polar surface area (TPSA) is 81.8 Å². The first-order valence-electron chi connectivity index (χ1n) is 13.8. The van der Waals surface area contributed by atoms with Crippen molar-refractivity contribution in [3.05, 3.63) is 71.8 Å². The first-order valence-corrected chi connectivity index (χ1v) is 13.8. The van der Waals surface area contributed by atoms with Gasteiger partial charge in [-0.05, 0) is 56.1 Å². The molecule has 0 aromatic heterocycles. The minimum absolute atomic E-state index is 0.0714. The Morgan fingerprint density at radius 3 is 2.22 bits per heavy atom. The molecule has 3 saturated heterocycles. The number of nitrogens with one attached hydrogen (secondary N) is 2. The Morgan fingerprint density at radius 1 is 0.784 bits per heavy atom. The maximum absolute atomic E-state index is 13.8. The Balaban J connectivity index is 1.40. The number of benzene rings is 2. The minimum atomic E-state index is -0.645. The van der Waals surface area contributed by atoms with Crippen molar-refractivity contribution in [1.82, 2.24) is 20.4 Å². The highest BCUT2D eigenvalue weighted by atomic mass is 16.2. The van der Waals surface area contributed by atoms with Crippen molar-refractivity contribution in [2.24, 2.45) is 0 Å². The average molecular weight is 503 g/mol. The zero-order valence-corrected chi connectivity index (χ0v) is 21.5. The second kappa shape index (κ2) is 11.9. The van der Waals surface area contributed by atoms with Gasteiger partial charge in [-0.15, -0.1) is 0 Å². The summed E-state index contributed by atoms with van der Waals surface area (Å²) < 4.78 is 0. The third kappa shape index (κ3) is 6.21. The molecule has 7 nitrogen and oxygen atoms in total. The Kier molecular flexibility index (Phi) is 8.19. The summed E-state index contributed by atoms with van der Waals surface area (Å²) in [5.74, 6) is -0.172. The lowest BCUT2D eigenvalue weighted by Crippen LogP contribution is -2.55. The lowest BCUT2D eigenvalue weighted by molar-refractivity contribution is -0.146. The van der Waals surface area contributed by atoms with Crippen LogP contribution in [-0.4, -0.2) is 71.3 Å². The van der Waals surface area contributed by atoms with E-state index in [4.69, 9.17) is 0 Å². The number of amides is 3. The third-order valence-corrected chi connectivity index (χ3v) is 8.08. The summed E-state index contributed by atoms with van der Waals surface area (Å²) in [4.78, 5) is 44.6. The number of aryl methyl sites for hydroxylation is 1. The molecule has 3 fully saturated rings. The van der Waals surface area contributed by atoms with Crippen LogP contribution in [0.4, 0.5) is 0 Å². The second-order valence-corrected chi connectivity index (χ2v) is 10.7. The molecule has 0 spiro atoms. The third-order valence-electron chi connectivity index (χ3n) is 8.08. The van der Waals surface area contributed by atoms with Gasteiger partial charge in [0.05, 0.1) is 0 Å². The smallest absolute Gasteiger partial charge is 0.245 e. The summed E-state index contributed by atoms with van der Waals surface area (Å²) in [6.45, 7) is 1.97. The van der Waals surface area contributed by atoms with E-state index in [1.807, 2.05) is 53.4 Å². The summed E-state index contributed by atoms with van der Waals surface area (Å²) in [6, 6.07) is 19.2. The van der Waals surface area contributed by atoms with Crippen LogP contribution in [0.2, 0.25) is 0 Å². The van der Waals surface area contributed by atoms with Gasteiger partial charge in [0.25, 0.3) is 0 Å². The van der Waals surface area contributed by atoms with E-state index in [-0.39, 0.29) is 36.2 Å². The molecule has 2 N–H and O–H groups in total. The maximum Gasteiger partial charge on any atom is 0.245 e. The fourth-order valence-electron chi connectivity index (χ4n) is 6.12. The number of carbonyl (C=O) groups excluding carboxylic acids is 3. The van der Waals surface area contributed by atoms with Gasteiger partial charge in [0, 0.05) is 38.1 Å².